The van der Waals surface area contributed by atoms with Gasteiger partial charge in [-0.2, -0.15) is 0 Å². The van der Waals surface area contributed by atoms with E-state index < -0.39 is 11.9 Å². The quantitative estimate of drug-likeness (QED) is 0.914. The summed E-state index contributed by atoms with van der Waals surface area (Å²) >= 11 is 3.35. The number of aryl methyl sites for hydroxylation is 1. The maximum absolute atomic E-state index is 11.3. The van der Waals surface area contributed by atoms with E-state index in [0.29, 0.717) is 24.2 Å². The minimum absolute atomic E-state index is 0.320. The van der Waals surface area contributed by atoms with Gasteiger partial charge < -0.3 is 5.11 Å². The van der Waals surface area contributed by atoms with Crippen LogP contribution < -0.4 is 0 Å². The standard InChI is InChI=1S/C13H13BrN2O3/c1-8-12(16-19-15-8)7-10(13(17)18)6-9-2-4-11(14)5-3-9/h2-5,10H,6-7H2,1H3,(H,17,18). The molecule has 1 aromatic heterocycles. The third kappa shape index (κ3) is 3.64. The van der Waals surface area contributed by atoms with Crippen molar-refractivity contribution < 1.29 is 14.5 Å². The number of nitrogens with zero attached hydrogens (tertiary/aromatic N) is 2. The molecule has 0 spiro atoms. The van der Waals surface area contributed by atoms with Crippen molar-refractivity contribution in [2.75, 3.05) is 0 Å². The molecule has 0 fully saturated rings. The smallest absolute Gasteiger partial charge is 0.307 e. The maximum atomic E-state index is 11.3. The van der Waals surface area contributed by atoms with E-state index in [1.165, 1.54) is 0 Å². The molecule has 0 aliphatic heterocycles. The lowest BCUT2D eigenvalue weighted by Crippen LogP contribution is -2.19. The number of carbonyl (C=O) groups is 1. The van der Waals surface area contributed by atoms with Crippen LogP contribution in [0.4, 0.5) is 0 Å². The normalized spacial score (nSPS) is 12.3. The second-order valence-corrected chi connectivity index (χ2v) is 5.28. The Hall–Kier alpha value is -1.69. The lowest BCUT2D eigenvalue weighted by Gasteiger charge is -2.11. The van der Waals surface area contributed by atoms with Crippen LogP contribution in [0.5, 0.6) is 0 Å². The molecule has 0 aliphatic rings. The van der Waals surface area contributed by atoms with Gasteiger partial charge in [-0.15, -0.1) is 0 Å². The summed E-state index contributed by atoms with van der Waals surface area (Å²) in [6, 6.07) is 7.62. The predicted octanol–water partition coefficient (Wildman–Crippen LogP) is 2.63. The van der Waals surface area contributed by atoms with Crippen LogP contribution in [0.2, 0.25) is 0 Å². The molecule has 1 aromatic carbocycles. The van der Waals surface area contributed by atoms with Crippen molar-refractivity contribution in [2.24, 2.45) is 5.92 Å². The average molecular weight is 325 g/mol. The number of halogens is 1. The number of hydrogen-bond acceptors (Lipinski definition) is 4. The van der Waals surface area contributed by atoms with E-state index in [9.17, 15) is 9.90 Å². The van der Waals surface area contributed by atoms with Crippen molar-refractivity contribution in [3.63, 3.8) is 0 Å². The van der Waals surface area contributed by atoms with Gasteiger partial charge in [0.25, 0.3) is 0 Å². The Morgan fingerprint density at radius 1 is 1.32 bits per heavy atom. The van der Waals surface area contributed by atoms with Gasteiger partial charge in [-0.05, 0) is 31.0 Å². The highest BCUT2D eigenvalue weighted by molar-refractivity contribution is 9.10. The number of rotatable bonds is 5. The lowest BCUT2D eigenvalue weighted by molar-refractivity contribution is -0.141. The molecule has 2 rings (SSSR count). The molecule has 100 valence electrons. The Labute approximate surface area is 118 Å². The Morgan fingerprint density at radius 3 is 2.53 bits per heavy atom. The third-order valence-corrected chi connectivity index (χ3v) is 3.46. The first-order valence-corrected chi connectivity index (χ1v) is 6.61. The number of carboxylic acid groups (broad SMARTS) is 1. The number of aliphatic carboxylic acids is 1. The second-order valence-electron chi connectivity index (χ2n) is 4.37. The molecule has 19 heavy (non-hydrogen) atoms. The van der Waals surface area contributed by atoms with Crippen LogP contribution in [0.3, 0.4) is 0 Å². The Kier molecular flexibility index (Phi) is 4.31. The van der Waals surface area contributed by atoms with Crippen LogP contribution in [-0.2, 0) is 17.6 Å². The fraction of sp³-hybridized carbons (Fsp3) is 0.308. The van der Waals surface area contributed by atoms with Crippen LogP contribution >= 0.6 is 15.9 Å². The molecule has 0 bridgehead atoms. The van der Waals surface area contributed by atoms with Crippen LogP contribution in [0.15, 0.2) is 33.4 Å². The molecule has 1 atom stereocenters. The molecular weight excluding hydrogens is 312 g/mol. The minimum Gasteiger partial charge on any atom is -0.481 e. The van der Waals surface area contributed by atoms with Crippen molar-refractivity contribution in [3.05, 3.63) is 45.7 Å². The predicted molar refractivity (Wildman–Crippen MR) is 71.7 cm³/mol. The molecule has 1 N–H and O–H groups in total. The first-order valence-electron chi connectivity index (χ1n) is 5.81. The molecule has 2 aromatic rings. The number of carboxylic acids is 1. The summed E-state index contributed by atoms with van der Waals surface area (Å²) in [5.41, 5.74) is 2.22. The number of aromatic nitrogens is 2. The first kappa shape index (κ1) is 13.7. The minimum atomic E-state index is -0.842. The Bertz CT molecular complexity index is 566. The summed E-state index contributed by atoms with van der Waals surface area (Å²) < 4.78 is 5.56. The van der Waals surface area contributed by atoms with Gasteiger partial charge >= 0.3 is 5.97 Å². The SMILES string of the molecule is Cc1nonc1CC(Cc1ccc(Br)cc1)C(=O)O. The summed E-state index contributed by atoms with van der Waals surface area (Å²) in [6.07, 6.45) is 0.773. The van der Waals surface area contributed by atoms with Crippen molar-refractivity contribution in [3.8, 4) is 0 Å². The van der Waals surface area contributed by atoms with Gasteiger partial charge in [0.15, 0.2) is 0 Å². The van der Waals surface area contributed by atoms with E-state index in [1.54, 1.807) is 6.92 Å². The molecule has 0 radical (unpaired) electrons. The van der Waals surface area contributed by atoms with Gasteiger partial charge in [0.2, 0.25) is 0 Å². The van der Waals surface area contributed by atoms with E-state index in [4.69, 9.17) is 0 Å². The Morgan fingerprint density at radius 2 is 2.00 bits per heavy atom. The molecule has 5 nitrogen and oxygen atoms in total. The summed E-state index contributed by atoms with van der Waals surface area (Å²) in [7, 11) is 0. The number of benzene rings is 1. The third-order valence-electron chi connectivity index (χ3n) is 2.93. The fourth-order valence-corrected chi connectivity index (χ4v) is 2.08. The van der Waals surface area contributed by atoms with Gasteiger partial charge in [-0.1, -0.05) is 38.4 Å². The molecule has 0 amide bonds. The van der Waals surface area contributed by atoms with Crippen LogP contribution in [0.25, 0.3) is 0 Å². The molecular formula is C13H13BrN2O3. The topological polar surface area (TPSA) is 76.2 Å². The molecule has 6 heteroatoms. The zero-order valence-corrected chi connectivity index (χ0v) is 11.9. The van der Waals surface area contributed by atoms with Crippen molar-refractivity contribution in [2.45, 2.75) is 19.8 Å². The lowest BCUT2D eigenvalue weighted by atomic mass is 9.94. The van der Waals surface area contributed by atoms with Crippen LogP contribution in [-0.4, -0.2) is 21.4 Å². The maximum Gasteiger partial charge on any atom is 0.307 e. The van der Waals surface area contributed by atoms with E-state index >= 15 is 0 Å². The van der Waals surface area contributed by atoms with Gasteiger partial charge in [0, 0.05) is 10.9 Å². The van der Waals surface area contributed by atoms with Crippen LogP contribution in [0, 0.1) is 12.8 Å². The summed E-state index contributed by atoms with van der Waals surface area (Å²) in [5, 5.41) is 16.7. The van der Waals surface area contributed by atoms with Gasteiger partial charge in [0.05, 0.1) is 5.92 Å². The average Bonchev–Trinajstić information content (AvgIpc) is 2.77. The van der Waals surface area contributed by atoms with E-state index in [-0.39, 0.29) is 0 Å². The monoisotopic (exact) mass is 324 g/mol. The highest BCUT2D eigenvalue weighted by Crippen LogP contribution is 2.17. The molecule has 0 aliphatic carbocycles. The summed E-state index contributed by atoms with van der Waals surface area (Å²) in [4.78, 5) is 11.3. The van der Waals surface area contributed by atoms with Crippen molar-refractivity contribution in [1.29, 1.82) is 0 Å². The van der Waals surface area contributed by atoms with E-state index in [1.807, 2.05) is 24.3 Å². The highest BCUT2D eigenvalue weighted by Gasteiger charge is 2.21. The van der Waals surface area contributed by atoms with Gasteiger partial charge in [-0.3, -0.25) is 4.79 Å². The van der Waals surface area contributed by atoms with Crippen molar-refractivity contribution in [1.82, 2.24) is 10.3 Å². The van der Waals surface area contributed by atoms with Gasteiger partial charge in [0.1, 0.15) is 11.4 Å². The van der Waals surface area contributed by atoms with E-state index in [2.05, 4.69) is 30.9 Å². The second kappa shape index (κ2) is 5.97. The molecule has 0 saturated carbocycles. The molecule has 0 saturated heterocycles. The first-order chi connectivity index (χ1) is 9.06. The fourth-order valence-electron chi connectivity index (χ4n) is 1.82. The zero-order valence-electron chi connectivity index (χ0n) is 10.3. The van der Waals surface area contributed by atoms with E-state index in [0.717, 1.165) is 10.0 Å². The van der Waals surface area contributed by atoms with Gasteiger partial charge in [-0.25, -0.2) is 4.63 Å². The highest BCUT2D eigenvalue weighted by atomic mass is 79.9. The van der Waals surface area contributed by atoms with Crippen molar-refractivity contribution >= 4 is 21.9 Å². The molecule has 1 unspecified atom stereocenters. The largest absolute Gasteiger partial charge is 0.481 e. The number of hydrogen-bond donors (Lipinski definition) is 1. The molecule has 1 heterocycles. The summed E-state index contributed by atoms with van der Waals surface area (Å²) in [6.45, 7) is 1.75. The zero-order chi connectivity index (χ0) is 13.8. The Balaban J connectivity index is 2.10. The summed E-state index contributed by atoms with van der Waals surface area (Å²) in [5.74, 6) is -1.38. The van der Waals surface area contributed by atoms with Crippen LogP contribution in [0.1, 0.15) is 17.0 Å².